The molecule has 0 bridgehead atoms. The van der Waals surface area contributed by atoms with Gasteiger partial charge in [-0.25, -0.2) is 9.79 Å². The maximum absolute atomic E-state index is 14.1. The van der Waals surface area contributed by atoms with E-state index < -0.39 is 12.0 Å². The number of carbonyl (C=O) groups excluding carboxylic acids is 1. The van der Waals surface area contributed by atoms with Crippen molar-refractivity contribution in [2.24, 2.45) is 4.99 Å². The van der Waals surface area contributed by atoms with Crippen molar-refractivity contribution in [3.8, 4) is 11.8 Å². The predicted molar refractivity (Wildman–Crippen MR) is 156 cm³/mol. The molecule has 0 unspecified atom stereocenters. The van der Waals surface area contributed by atoms with E-state index in [2.05, 4.69) is 18.8 Å². The van der Waals surface area contributed by atoms with Gasteiger partial charge in [0, 0.05) is 5.56 Å². The van der Waals surface area contributed by atoms with Crippen molar-refractivity contribution in [1.82, 2.24) is 4.57 Å². The molecule has 0 spiro atoms. The van der Waals surface area contributed by atoms with E-state index in [0.717, 1.165) is 21.9 Å². The van der Waals surface area contributed by atoms with Gasteiger partial charge in [0.2, 0.25) is 0 Å². The maximum Gasteiger partial charge on any atom is 0.338 e. The van der Waals surface area contributed by atoms with Crippen molar-refractivity contribution in [3.05, 3.63) is 108 Å². The molecule has 1 atom stereocenters. The fourth-order valence-corrected chi connectivity index (χ4v) is 5.99. The first kappa shape index (κ1) is 27.1. The number of hydrogen-bond donors (Lipinski definition) is 0. The number of ether oxygens (including phenoxy) is 2. The summed E-state index contributed by atoms with van der Waals surface area (Å²) in [5.74, 6) is 0.364. The maximum atomic E-state index is 14.1. The standard InChI is InChI=1S/C32H29N3O4S/c1-5-38-31(37)28-20(4)34-32-35(29(28)23-12-10-21(11-13-23)19(2)3)30(36)27(40-32)18-25-24-9-7-6-8-22(24)14-15-26(25)39-17-16-33/h6-15,18-19,29H,5,17H2,1-4H3/b27-18-/t29-/m1/s1. The molecule has 3 aromatic carbocycles. The van der Waals surface area contributed by atoms with E-state index in [4.69, 9.17) is 14.7 Å². The summed E-state index contributed by atoms with van der Waals surface area (Å²) in [7, 11) is 0. The Balaban J connectivity index is 1.75. The van der Waals surface area contributed by atoms with Crippen LogP contribution in [0.2, 0.25) is 0 Å². The Labute approximate surface area is 235 Å². The molecule has 40 heavy (non-hydrogen) atoms. The lowest BCUT2D eigenvalue weighted by molar-refractivity contribution is -0.139. The molecular formula is C32H29N3O4S. The van der Waals surface area contributed by atoms with Gasteiger partial charge >= 0.3 is 5.97 Å². The lowest BCUT2D eigenvalue weighted by Gasteiger charge is -2.25. The fraction of sp³-hybridized carbons (Fsp3) is 0.250. The van der Waals surface area contributed by atoms with Crippen molar-refractivity contribution in [3.63, 3.8) is 0 Å². The van der Waals surface area contributed by atoms with E-state index in [-0.39, 0.29) is 18.8 Å². The average molecular weight is 552 g/mol. The average Bonchev–Trinajstić information content (AvgIpc) is 3.26. The first-order valence-electron chi connectivity index (χ1n) is 13.1. The Morgan fingerprint density at radius 2 is 1.90 bits per heavy atom. The zero-order valence-corrected chi connectivity index (χ0v) is 23.6. The molecule has 1 aliphatic heterocycles. The van der Waals surface area contributed by atoms with Gasteiger partial charge in [-0.1, -0.05) is 79.8 Å². The second kappa shape index (κ2) is 11.3. The van der Waals surface area contributed by atoms with Gasteiger partial charge in [0.1, 0.15) is 11.8 Å². The third kappa shape index (κ3) is 4.96. The van der Waals surface area contributed by atoms with Crippen LogP contribution in [0.5, 0.6) is 5.75 Å². The molecule has 8 heteroatoms. The zero-order chi connectivity index (χ0) is 28.4. The van der Waals surface area contributed by atoms with Gasteiger partial charge < -0.3 is 9.47 Å². The van der Waals surface area contributed by atoms with Gasteiger partial charge in [-0.2, -0.15) is 5.26 Å². The van der Waals surface area contributed by atoms with Crippen molar-refractivity contribution >= 4 is 34.2 Å². The van der Waals surface area contributed by atoms with Crippen LogP contribution >= 0.6 is 11.3 Å². The third-order valence-corrected chi connectivity index (χ3v) is 7.92. The van der Waals surface area contributed by atoms with Crippen LogP contribution in [0.3, 0.4) is 0 Å². The summed E-state index contributed by atoms with van der Waals surface area (Å²) in [6, 6.07) is 20.9. The molecule has 1 aromatic heterocycles. The summed E-state index contributed by atoms with van der Waals surface area (Å²) < 4.78 is 13.2. The van der Waals surface area contributed by atoms with E-state index in [1.54, 1.807) is 24.5 Å². The monoisotopic (exact) mass is 551 g/mol. The van der Waals surface area contributed by atoms with Gasteiger partial charge in [0.25, 0.3) is 5.56 Å². The normalized spacial score (nSPS) is 15.1. The summed E-state index contributed by atoms with van der Waals surface area (Å²) in [5, 5.41) is 11.0. The second-order valence-corrected chi connectivity index (χ2v) is 10.8. The number of hydrogen-bond acceptors (Lipinski definition) is 7. The minimum Gasteiger partial charge on any atom is -0.478 e. The van der Waals surface area contributed by atoms with Gasteiger partial charge in [-0.15, -0.1) is 0 Å². The molecule has 0 saturated heterocycles. The fourth-order valence-electron chi connectivity index (χ4n) is 4.96. The Morgan fingerprint density at radius 1 is 1.15 bits per heavy atom. The SMILES string of the molecule is CCOC(=O)C1=C(C)N=c2s/c(=C\c3c(OCC#N)ccc4ccccc34)c(=O)n2[C@@H]1c1ccc(C(C)C)cc1. The van der Waals surface area contributed by atoms with Crippen LogP contribution in [0.1, 0.15) is 56.3 Å². The zero-order valence-electron chi connectivity index (χ0n) is 22.8. The Kier molecular flexibility index (Phi) is 7.67. The third-order valence-electron chi connectivity index (χ3n) is 6.93. The molecule has 1 aliphatic rings. The van der Waals surface area contributed by atoms with Gasteiger partial charge in [0.05, 0.1) is 28.5 Å². The van der Waals surface area contributed by atoms with Gasteiger partial charge in [-0.05, 0) is 53.8 Å². The summed E-state index contributed by atoms with van der Waals surface area (Å²) in [6.45, 7) is 7.87. The lowest BCUT2D eigenvalue weighted by atomic mass is 9.93. The van der Waals surface area contributed by atoms with E-state index >= 15 is 0 Å². The summed E-state index contributed by atoms with van der Waals surface area (Å²) in [4.78, 5) is 32.4. The summed E-state index contributed by atoms with van der Waals surface area (Å²) in [5.41, 5.74) is 3.27. The molecule has 202 valence electrons. The van der Waals surface area contributed by atoms with Crippen LogP contribution in [0.4, 0.5) is 0 Å². The number of allylic oxidation sites excluding steroid dienone is 1. The molecule has 5 rings (SSSR count). The minimum absolute atomic E-state index is 0.116. The van der Waals surface area contributed by atoms with E-state index in [9.17, 15) is 9.59 Å². The number of nitrogens with zero attached hydrogens (tertiary/aromatic N) is 3. The molecule has 0 saturated carbocycles. The van der Waals surface area contributed by atoms with Crippen molar-refractivity contribution < 1.29 is 14.3 Å². The Hall–Kier alpha value is -4.48. The number of fused-ring (bicyclic) bond motifs is 2. The van der Waals surface area contributed by atoms with E-state index in [0.29, 0.717) is 37.8 Å². The molecule has 0 fully saturated rings. The van der Waals surface area contributed by atoms with Crippen LogP contribution in [0.15, 0.2) is 81.7 Å². The van der Waals surface area contributed by atoms with Crippen LogP contribution < -0.4 is 19.6 Å². The van der Waals surface area contributed by atoms with Crippen LogP contribution in [-0.2, 0) is 9.53 Å². The highest BCUT2D eigenvalue weighted by molar-refractivity contribution is 7.07. The highest BCUT2D eigenvalue weighted by Gasteiger charge is 2.33. The first-order valence-corrected chi connectivity index (χ1v) is 14.0. The topological polar surface area (TPSA) is 93.7 Å². The number of rotatable bonds is 7. The Morgan fingerprint density at radius 3 is 2.60 bits per heavy atom. The summed E-state index contributed by atoms with van der Waals surface area (Å²) in [6.07, 6.45) is 1.79. The van der Waals surface area contributed by atoms with Gasteiger partial charge in [-0.3, -0.25) is 9.36 Å². The largest absolute Gasteiger partial charge is 0.478 e. The molecule has 0 radical (unpaired) electrons. The molecule has 0 N–H and O–H groups in total. The van der Waals surface area contributed by atoms with Crippen molar-refractivity contribution in [1.29, 1.82) is 5.26 Å². The highest BCUT2D eigenvalue weighted by Crippen LogP contribution is 2.32. The number of benzene rings is 3. The number of aromatic nitrogens is 1. The number of carbonyl (C=O) groups is 1. The number of thiazole rings is 1. The quantitative estimate of drug-likeness (QED) is 0.302. The Bertz CT molecular complexity index is 1860. The number of nitriles is 1. The minimum atomic E-state index is -0.680. The van der Waals surface area contributed by atoms with Crippen LogP contribution in [-0.4, -0.2) is 23.8 Å². The first-order chi connectivity index (χ1) is 19.3. The lowest BCUT2D eigenvalue weighted by Crippen LogP contribution is -2.40. The molecule has 2 heterocycles. The van der Waals surface area contributed by atoms with Crippen molar-refractivity contribution in [2.45, 2.75) is 39.7 Å². The molecule has 7 nitrogen and oxygen atoms in total. The van der Waals surface area contributed by atoms with Gasteiger partial charge in [0.15, 0.2) is 11.4 Å². The van der Waals surface area contributed by atoms with Crippen molar-refractivity contribution in [2.75, 3.05) is 13.2 Å². The molecule has 0 amide bonds. The van der Waals surface area contributed by atoms with Crippen LogP contribution in [0.25, 0.3) is 16.8 Å². The molecular weight excluding hydrogens is 522 g/mol. The number of esters is 1. The second-order valence-electron chi connectivity index (χ2n) is 9.77. The highest BCUT2D eigenvalue weighted by atomic mass is 32.1. The van der Waals surface area contributed by atoms with Crippen LogP contribution in [0, 0.1) is 11.3 Å². The van der Waals surface area contributed by atoms with E-state index in [1.807, 2.05) is 66.7 Å². The van der Waals surface area contributed by atoms with E-state index in [1.165, 1.54) is 11.3 Å². The smallest absolute Gasteiger partial charge is 0.338 e. The molecule has 4 aromatic rings. The molecule has 0 aliphatic carbocycles. The predicted octanol–water partition coefficient (Wildman–Crippen LogP) is 4.98. The summed E-state index contributed by atoms with van der Waals surface area (Å²) >= 11 is 1.26.